The molecular formula is C8H6F3NO. The average molecular weight is 189 g/mol. The summed E-state index contributed by atoms with van der Waals surface area (Å²) in [6, 6.07) is 1.47. The van der Waals surface area contributed by atoms with Crippen LogP contribution < -0.4 is 0 Å². The molecule has 2 aromatic heterocycles. The Morgan fingerprint density at radius 1 is 1.38 bits per heavy atom. The molecule has 0 saturated carbocycles. The lowest BCUT2D eigenvalue weighted by Gasteiger charge is -2.03. The second kappa shape index (κ2) is 2.31. The second-order valence-corrected chi connectivity index (χ2v) is 2.79. The van der Waals surface area contributed by atoms with Crippen LogP contribution in [0.2, 0.25) is 0 Å². The second-order valence-electron chi connectivity index (χ2n) is 2.79. The maximum Gasteiger partial charge on any atom is 0.421 e. The van der Waals surface area contributed by atoms with Crippen LogP contribution >= 0.6 is 0 Å². The minimum Gasteiger partial charge on any atom is -0.462 e. The molecule has 2 heterocycles. The monoisotopic (exact) mass is 189 g/mol. The van der Waals surface area contributed by atoms with Crippen LogP contribution in [-0.2, 0) is 6.18 Å². The summed E-state index contributed by atoms with van der Waals surface area (Å²) in [6.45, 7) is 1.37. The van der Waals surface area contributed by atoms with Crippen molar-refractivity contribution < 1.29 is 17.6 Å². The fourth-order valence-electron chi connectivity index (χ4n) is 1.38. The Morgan fingerprint density at radius 3 is 2.69 bits per heavy atom. The zero-order valence-electron chi connectivity index (χ0n) is 6.70. The number of rotatable bonds is 0. The van der Waals surface area contributed by atoms with Crippen LogP contribution in [0.5, 0.6) is 0 Å². The highest BCUT2D eigenvalue weighted by atomic mass is 19.4. The number of H-pyrrole nitrogens is 1. The topological polar surface area (TPSA) is 28.9 Å². The Balaban J connectivity index is 2.78. The van der Waals surface area contributed by atoms with Crippen molar-refractivity contribution in [2.24, 2.45) is 0 Å². The fraction of sp³-hybridized carbons (Fsp3) is 0.250. The van der Waals surface area contributed by atoms with Gasteiger partial charge in [-0.05, 0) is 6.92 Å². The number of halogens is 3. The van der Waals surface area contributed by atoms with E-state index in [2.05, 4.69) is 4.98 Å². The van der Waals surface area contributed by atoms with E-state index in [1.54, 1.807) is 0 Å². The molecule has 0 bridgehead atoms. The van der Waals surface area contributed by atoms with Gasteiger partial charge in [0.1, 0.15) is 5.56 Å². The first-order chi connectivity index (χ1) is 6.00. The van der Waals surface area contributed by atoms with E-state index in [-0.39, 0.29) is 11.3 Å². The molecule has 5 heteroatoms. The van der Waals surface area contributed by atoms with E-state index < -0.39 is 11.7 Å². The summed E-state index contributed by atoms with van der Waals surface area (Å²) in [5, 5.41) is 0. The van der Waals surface area contributed by atoms with Crippen molar-refractivity contribution in [2.75, 3.05) is 0 Å². The van der Waals surface area contributed by atoms with Crippen molar-refractivity contribution in [3.63, 3.8) is 0 Å². The lowest BCUT2D eigenvalue weighted by atomic mass is 10.2. The highest BCUT2D eigenvalue weighted by molar-refractivity contribution is 5.79. The van der Waals surface area contributed by atoms with E-state index in [0.29, 0.717) is 5.52 Å². The Hall–Kier alpha value is -1.39. The van der Waals surface area contributed by atoms with E-state index in [1.165, 1.54) is 19.3 Å². The third-order valence-electron chi connectivity index (χ3n) is 1.87. The molecule has 2 rings (SSSR count). The third kappa shape index (κ3) is 1.11. The van der Waals surface area contributed by atoms with Crippen LogP contribution in [0.4, 0.5) is 13.2 Å². The van der Waals surface area contributed by atoms with Crippen molar-refractivity contribution in [1.29, 1.82) is 0 Å². The first-order valence-corrected chi connectivity index (χ1v) is 3.63. The molecule has 0 radical (unpaired) electrons. The summed E-state index contributed by atoms with van der Waals surface area (Å²) in [5.41, 5.74) is -0.371. The lowest BCUT2D eigenvalue weighted by Crippen LogP contribution is -2.05. The van der Waals surface area contributed by atoms with Crippen molar-refractivity contribution >= 4 is 11.1 Å². The summed E-state index contributed by atoms with van der Waals surface area (Å²) >= 11 is 0. The Bertz CT molecular complexity index is 438. The standard InChI is InChI=1S/C8H6F3NO/c1-4-6(8(9,10)11)7-5(12-4)2-3-13-7/h2-3,12H,1H3. The minimum atomic E-state index is -4.36. The lowest BCUT2D eigenvalue weighted by molar-refractivity contribution is -0.137. The average Bonchev–Trinajstić information content (AvgIpc) is 2.41. The zero-order valence-corrected chi connectivity index (χ0v) is 6.70. The van der Waals surface area contributed by atoms with Crippen LogP contribution in [-0.4, -0.2) is 4.98 Å². The van der Waals surface area contributed by atoms with E-state index in [0.717, 1.165) is 0 Å². The number of hydrogen-bond donors (Lipinski definition) is 1. The van der Waals surface area contributed by atoms with E-state index in [9.17, 15) is 13.2 Å². The van der Waals surface area contributed by atoms with Crippen molar-refractivity contribution in [1.82, 2.24) is 4.98 Å². The van der Waals surface area contributed by atoms with Gasteiger partial charge >= 0.3 is 6.18 Å². The SMILES string of the molecule is Cc1[nH]c2ccoc2c1C(F)(F)F. The maximum absolute atomic E-state index is 12.4. The number of hydrogen-bond acceptors (Lipinski definition) is 1. The molecular weight excluding hydrogens is 183 g/mol. The van der Waals surface area contributed by atoms with Gasteiger partial charge in [-0.15, -0.1) is 0 Å². The Kier molecular flexibility index (Phi) is 1.46. The molecule has 0 spiro atoms. The van der Waals surface area contributed by atoms with Crippen LogP contribution in [0.25, 0.3) is 11.1 Å². The number of aromatic amines is 1. The fourth-order valence-corrected chi connectivity index (χ4v) is 1.38. The normalized spacial score (nSPS) is 12.6. The number of nitrogens with one attached hydrogen (secondary N) is 1. The van der Waals surface area contributed by atoms with Gasteiger partial charge in [-0.1, -0.05) is 0 Å². The molecule has 0 amide bonds. The molecule has 0 aliphatic heterocycles. The van der Waals surface area contributed by atoms with E-state index in [4.69, 9.17) is 4.42 Å². The minimum absolute atomic E-state index is 0.0850. The molecule has 0 aliphatic rings. The molecule has 0 fully saturated rings. The predicted molar refractivity (Wildman–Crippen MR) is 40.3 cm³/mol. The van der Waals surface area contributed by atoms with Gasteiger partial charge in [-0.3, -0.25) is 0 Å². The molecule has 1 N–H and O–H groups in total. The molecule has 0 saturated heterocycles. The summed E-state index contributed by atoms with van der Waals surface area (Å²) in [4.78, 5) is 2.60. The number of aryl methyl sites for hydroxylation is 1. The van der Waals surface area contributed by atoms with Gasteiger partial charge in [0.25, 0.3) is 0 Å². The van der Waals surface area contributed by atoms with Crippen LogP contribution in [0.15, 0.2) is 16.7 Å². The number of aromatic nitrogens is 1. The molecule has 13 heavy (non-hydrogen) atoms. The van der Waals surface area contributed by atoms with Gasteiger partial charge < -0.3 is 9.40 Å². The number of fused-ring (bicyclic) bond motifs is 1. The molecule has 0 atom stereocenters. The highest BCUT2D eigenvalue weighted by Gasteiger charge is 2.37. The van der Waals surface area contributed by atoms with Gasteiger partial charge in [-0.2, -0.15) is 13.2 Å². The quantitative estimate of drug-likeness (QED) is 0.677. The first-order valence-electron chi connectivity index (χ1n) is 3.63. The summed E-state index contributed by atoms with van der Waals surface area (Å²) in [6.07, 6.45) is -3.13. The smallest absolute Gasteiger partial charge is 0.421 e. The summed E-state index contributed by atoms with van der Waals surface area (Å²) in [7, 11) is 0. The summed E-state index contributed by atoms with van der Waals surface area (Å²) < 4.78 is 42.0. The van der Waals surface area contributed by atoms with Gasteiger partial charge in [0.05, 0.1) is 11.8 Å². The predicted octanol–water partition coefficient (Wildman–Crippen LogP) is 3.09. The zero-order chi connectivity index (χ0) is 9.64. The Labute approximate surface area is 71.3 Å². The van der Waals surface area contributed by atoms with Gasteiger partial charge in [0, 0.05) is 11.8 Å². The van der Waals surface area contributed by atoms with E-state index in [1.807, 2.05) is 0 Å². The molecule has 0 aromatic carbocycles. The highest BCUT2D eigenvalue weighted by Crippen LogP contribution is 2.37. The number of furan rings is 1. The molecule has 0 unspecified atom stereocenters. The first kappa shape index (κ1) is 8.22. The van der Waals surface area contributed by atoms with Crippen molar-refractivity contribution in [2.45, 2.75) is 13.1 Å². The Morgan fingerprint density at radius 2 is 2.08 bits per heavy atom. The van der Waals surface area contributed by atoms with Crippen LogP contribution in [0.1, 0.15) is 11.3 Å². The maximum atomic E-state index is 12.4. The van der Waals surface area contributed by atoms with Gasteiger partial charge in [0.15, 0.2) is 5.58 Å². The van der Waals surface area contributed by atoms with Crippen LogP contribution in [0.3, 0.4) is 0 Å². The van der Waals surface area contributed by atoms with Gasteiger partial charge in [0.2, 0.25) is 0 Å². The van der Waals surface area contributed by atoms with Crippen molar-refractivity contribution in [3.05, 3.63) is 23.6 Å². The summed E-state index contributed by atoms with van der Waals surface area (Å²) in [5.74, 6) is 0. The van der Waals surface area contributed by atoms with Crippen molar-refractivity contribution in [3.8, 4) is 0 Å². The molecule has 2 aromatic rings. The third-order valence-corrected chi connectivity index (χ3v) is 1.87. The van der Waals surface area contributed by atoms with Crippen LogP contribution in [0, 0.1) is 6.92 Å². The van der Waals surface area contributed by atoms with E-state index >= 15 is 0 Å². The number of alkyl halides is 3. The molecule has 70 valence electrons. The van der Waals surface area contributed by atoms with Gasteiger partial charge in [-0.25, -0.2) is 0 Å². The largest absolute Gasteiger partial charge is 0.462 e. The molecule has 2 nitrogen and oxygen atoms in total. The molecule has 0 aliphatic carbocycles.